The first kappa shape index (κ1) is 19.4. The van der Waals surface area contributed by atoms with Crippen molar-refractivity contribution in [3.05, 3.63) is 52.8 Å². The van der Waals surface area contributed by atoms with Crippen LogP contribution < -0.4 is 5.73 Å². The first-order chi connectivity index (χ1) is 12.4. The normalized spacial score (nSPS) is 17.2. The van der Waals surface area contributed by atoms with Crippen LogP contribution >= 0.6 is 11.8 Å². The van der Waals surface area contributed by atoms with Crippen molar-refractivity contribution in [3.63, 3.8) is 0 Å². The van der Waals surface area contributed by atoms with Gasteiger partial charge in [-0.05, 0) is 46.7 Å². The highest BCUT2D eigenvalue weighted by Crippen LogP contribution is 2.51. The number of carbonyl (C=O) groups is 2. The van der Waals surface area contributed by atoms with Gasteiger partial charge in [-0.25, -0.2) is 9.18 Å². The molecular formula is C21H22FNO3S. The van der Waals surface area contributed by atoms with Gasteiger partial charge in [-0.3, -0.25) is 4.79 Å². The topological polar surface area (TPSA) is 80.4 Å². The lowest BCUT2D eigenvalue weighted by Gasteiger charge is -2.42. The van der Waals surface area contributed by atoms with E-state index in [1.807, 2.05) is 18.2 Å². The number of fused-ring (bicyclic) bond motifs is 1. The van der Waals surface area contributed by atoms with Crippen LogP contribution in [0.3, 0.4) is 0 Å². The summed E-state index contributed by atoms with van der Waals surface area (Å²) in [5, 5.41) is 9.11. The van der Waals surface area contributed by atoms with E-state index in [0.717, 1.165) is 16.9 Å². The number of nitrogens with two attached hydrogens (primary N) is 1. The Bertz CT molecular complexity index is 966. The molecule has 1 aliphatic rings. The third-order valence-electron chi connectivity index (χ3n) is 4.89. The van der Waals surface area contributed by atoms with Gasteiger partial charge in [0.15, 0.2) is 5.82 Å². The SMILES string of the molecule is CC1(C)CC(C)(C)c2cc(-c3ccc(C(=O)O)c(F)c3C(N)=O)ccc2S1. The number of benzene rings is 2. The number of carboxylic acids is 1. The monoisotopic (exact) mass is 387 g/mol. The summed E-state index contributed by atoms with van der Waals surface area (Å²) >= 11 is 1.80. The number of hydrogen-bond acceptors (Lipinski definition) is 3. The van der Waals surface area contributed by atoms with Crippen molar-refractivity contribution in [2.45, 2.75) is 49.2 Å². The van der Waals surface area contributed by atoms with Crippen molar-refractivity contribution in [1.29, 1.82) is 0 Å². The maximum absolute atomic E-state index is 14.6. The van der Waals surface area contributed by atoms with Crippen molar-refractivity contribution < 1.29 is 19.1 Å². The summed E-state index contributed by atoms with van der Waals surface area (Å²) in [6.07, 6.45) is 0.968. The summed E-state index contributed by atoms with van der Waals surface area (Å²) < 4.78 is 14.7. The van der Waals surface area contributed by atoms with Gasteiger partial charge < -0.3 is 10.8 Å². The summed E-state index contributed by atoms with van der Waals surface area (Å²) in [5.74, 6) is -3.52. The lowest BCUT2D eigenvalue weighted by atomic mass is 9.76. The molecule has 0 spiro atoms. The summed E-state index contributed by atoms with van der Waals surface area (Å²) in [6.45, 7) is 8.75. The van der Waals surface area contributed by atoms with Crippen LogP contribution in [-0.2, 0) is 5.41 Å². The van der Waals surface area contributed by atoms with E-state index < -0.39 is 28.8 Å². The molecule has 6 heteroatoms. The largest absolute Gasteiger partial charge is 0.478 e. The van der Waals surface area contributed by atoms with Gasteiger partial charge in [0.2, 0.25) is 0 Å². The summed E-state index contributed by atoms with van der Waals surface area (Å²) in [4.78, 5) is 24.2. The highest BCUT2D eigenvalue weighted by atomic mass is 32.2. The lowest BCUT2D eigenvalue weighted by Crippen LogP contribution is -2.33. The van der Waals surface area contributed by atoms with Gasteiger partial charge >= 0.3 is 5.97 Å². The van der Waals surface area contributed by atoms with Crippen LogP contribution in [0.2, 0.25) is 0 Å². The molecule has 0 atom stereocenters. The quantitative estimate of drug-likeness (QED) is 0.789. The van der Waals surface area contributed by atoms with Crippen molar-refractivity contribution >= 4 is 23.6 Å². The molecular weight excluding hydrogens is 365 g/mol. The maximum atomic E-state index is 14.6. The van der Waals surface area contributed by atoms with Crippen LogP contribution in [0.15, 0.2) is 35.2 Å². The predicted octanol–water partition coefficient (Wildman–Crippen LogP) is 4.84. The number of aromatic carboxylic acids is 1. The second-order valence-electron chi connectivity index (χ2n) is 8.15. The van der Waals surface area contributed by atoms with E-state index in [1.54, 1.807) is 11.8 Å². The highest BCUT2D eigenvalue weighted by molar-refractivity contribution is 8.00. The zero-order valence-electron chi connectivity index (χ0n) is 15.7. The van der Waals surface area contributed by atoms with Crippen LogP contribution in [0.5, 0.6) is 0 Å². The number of thioether (sulfide) groups is 1. The second-order valence-corrected chi connectivity index (χ2v) is 9.90. The zero-order chi connectivity index (χ0) is 20.1. The van der Waals surface area contributed by atoms with Gasteiger partial charge in [-0.15, -0.1) is 11.8 Å². The van der Waals surface area contributed by atoms with Gasteiger partial charge in [0.25, 0.3) is 5.91 Å². The van der Waals surface area contributed by atoms with Gasteiger partial charge in [-0.1, -0.05) is 39.8 Å². The second kappa shape index (κ2) is 6.37. The first-order valence-corrected chi connectivity index (χ1v) is 9.44. The fourth-order valence-electron chi connectivity index (χ4n) is 4.03. The van der Waals surface area contributed by atoms with Crippen LogP contribution in [0.4, 0.5) is 4.39 Å². The van der Waals surface area contributed by atoms with Gasteiger partial charge in [0.1, 0.15) is 0 Å². The number of hydrogen-bond donors (Lipinski definition) is 2. The minimum absolute atomic E-state index is 0.0907. The number of rotatable bonds is 3. The predicted molar refractivity (Wildman–Crippen MR) is 105 cm³/mol. The molecule has 1 aliphatic heterocycles. The molecule has 3 N–H and O–H groups in total. The molecule has 1 heterocycles. The smallest absolute Gasteiger partial charge is 0.338 e. The van der Waals surface area contributed by atoms with E-state index in [0.29, 0.717) is 11.1 Å². The molecule has 0 saturated heterocycles. The van der Waals surface area contributed by atoms with E-state index in [1.165, 1.54) is 12.1 Å². The van der Waals surface area contributed by atoms with E-state index >= 15 is 0 Å². The van der Waals surface area contributed by atoms with E-state index in [-0.39, 0.29) is 10.2 Å². The van der Waals surface area contributed by atoms with E-state index in [9.17, 15) is 14.0 Å². The van der Waals surface area contributed by atoms with Gasteiger partial charge in [0.05, 0.1) is 11.1 Å². The van der Waals surface area contributed by atoms with Gasteiger partial charge in [0, 0.05) is 9.64 Å². The molecule has 27 heavy (non-hydrogen) atoms. The van der Waals surface area contributed by atoms with E-state index in [4.69, 9.17) is 10.8 Å². The van der Waals surface area contributed by atoms with Crippen LogP contribution in [0.1, 0.15) is 60.4 Å². The molecule has 2 aromatic carbocycles. The number of amides is 1. The lowest BCUT2D eigenvalue weighted by molar-refractivity contribution is 0.0692. The Balaban J connectivity index is 2.21. The van der Waals surface area contributed by atoms with Crippen LogP contribution in [0, 0.1) is 5.82 Å². The van der Waals surface area contributed by atoms with Crippen molar-refractivity contribution in [1.82, 2.24) is 0 Å². The average Bonchev–Trinajstić information content (AvgIpc) is 2.51. The van der Waals surface area contributed by atoms with Gasteiger partial charge in [-0.2, -0.15) is 0 Å². The average molecular weight is 387 g/mol. The van der Waals surface area contributed by atoms with Crippen molar-refractivity contribution in [3.8, 4) is 11.1 Å². The Morgan fingerprint density at radius 1 is 1.15 bits per heavy atom. The fourth-order valence-corrected chi connectivity index (χ4v) is 5.64. The standard InChI is InChI=1S/C21H22FNO3S/c1-20(2)10-21(3,4)27-15-8-5-11(9-14(15)20)12-6-7-13(19(25)26)17(22)16(12)18(23)24/h5-9H,10H2,1-4H3,(H2,23,24)(H,25,26). The molecule has 0 unspecified atom stereocenters. The summed E-state index contributed by atoms with van der Waals surface area (Å²) in [7, 11) is 0. The molecule has 0 radical (unpaired) electrons. The summed E-state index contributed by atoms with van der Waals surface area (Å²) in [6, 6.07) is 8.37. The Hall–Kier alpha value is -2.34. The minimum atomic E-state index is -1.44. The first-order valence-electron chi connectivity index (χ1n) is 8.62. The van der Waals surface area contributed by atoms with Crippen molar-refractivity contribution in [2.75, 3.05) is 0 Å². The molecule has 0 saturated carbocycles. The molecule has 2 aromatic rings. The molecule has 0 bridgehead atoms. The maximum Gasteiger partial charge on any atom is 0.338 e. The third kappa shape index (κ3) is 3.46. The number of carbonyl (C=O) groups excluding carboxylic acids is 1. The minimum Gasteiger partial charge on any atom is -0.478 e. The van der Waals surface area contributed by atoms with Crippen molar-refractivity contribution in [2.24, 2.45) is 5.73 Å². The Kier molecular flexibility index (Phi) is 4.58. The molecule has 3 rings (SSSR count). The molecule has 0 aromatic heterocycles. The number of carboxylic acid groups (broad SMARTS) is 1. The Morgan fingerprint density at radius 2 is 1.81 bits per heavy atom. The molecule has 0 aliphatic carbocycles. The fraction of sp³-hybridized carbons (Fsp3) is 0.333. The Morgan fingerprint density at radius 3 is 2.41 bits per heavy atom. The van der Waals surface area contributed by atoms with Crippen LogP contribution in [0.25, 0.3) is 11.1 Å². The van der Waals surface area contributed by atoms with Crippen LogP contribution in [-0.4, -0.2) is 21.7 Å². The third-order valence-corrected chi connectivity index (χ3v) is 6.17. The Labute approximate surface area is 162 Å². The zero-order valence-corrected chi connectivity index (χ0v) is 16.5. The molecule has 1 amide bonds. The summed E-state index contributed by atoms with van der Waals surface area (Å²) in [5.41, 5.74) is 6.40. The van der Waals surface area contributed by atoms with E-state index in [2.05, 4.69) is 27.7 Å². The molecule has 142 valence electrons. The number of primary amides is 1. The number of halogens is 1. The molecule has 4 nitrogen and oxygen atoms in total. The highest BCUT2D eigenvalue weighted by Gasteiger charge is 2.38. The molecule has 0 fully saturated rings.